The molecule has 2 aromatic rings. The monoisotopic (exact) mass is 280 g/mol. The van der Waals surface area contributed by atoms with E-state index in [1.54, 1.807) is 0 Å². The van der Waals surface area contributed by atoms with Crippen molar-refractivity contribution in [3.8, 4) is 6.07 Å². The van der Waals surface area contributed by atoms with Crippen LogP contribution in [0.15, 0.2) is 24.3 Å². The lowest BCUT2D eigenvalue weighted by molar-refractivity contribution is 0.582. The van der Waals surface area contributed by atoms with Gasteiger partial charge in [0.05, 0.1) is 23.9 Å². The minimum absolute atomic E-state index is 0.436. The molecule has 0 saturated heterocycles. The number of hydrogen-bond acceptors (Lipinski definition) is 3. The molecule has 1 N–H and O–H groups in total. The van der Waals surface area contributed by atoms with Gasteiger partial charge in [-0.3, -0.25) is 4.68 Å². The first-order chi connectivity index (χ1) is 10.2. The molecule has 0 bridgehead atoms. The summed E-state index contributed by atoms with van der Waals surface area (Å²) < 4.78 is 2.13. The summed E-state index contributed by atoms with van der Waals surface area (Å²) in [6.45, 7) is 7.05. The highest BCUT2D eigenvalue weighted by Gasteiger charge is 2.22. The van der Waals surface area contributed by atoms with E-state index in [0.717, 1.165) is 31.6 Å². The van der Waals surface area contributed by atoms with E-state index in [9.17, 15) is 0 Å². The van der Waals surface area contributed by atoms with Gasteiger partial charge in [-0.05, 0) is 23.6 Å². The van der Waals surface area contributed by atoms with Crippen LogP contribution in [0.25, 0.3) is 0 Å². The summed E-state index contributed by atoms with van der Waals surface area (Å²) in [6.07, 6.45) is 1.02. The minimum atomic E-state index is 0.436. The molecule has 108 valence electrons. The highest BCUT2D eigenvalue weighted by Crippen LogP contribution is 2.25. The third-order valence-corrected chi connectivity index (χ3v) is 3.97. The van der Waals surface area contributed by atoms with Crippen LogP contribution in [-0.4, -0.2) is 16.3 Å². The van der Waals surface area contributed by atoms with Crippen molar-refractivity contribution in [3.63, 3.8) is 0 Å². The molecule has 1 aromatic carbocycles. The third-order valence-electron chi connectivity index (χ3n) is 3.97. The number of aromatic nitrogens is 2. The van der Waals surface area contributed by atoms with E-state index in [4.69, 9.17) is 10.4 Å². The van der Waals surface area contributed by atoms with Crippen molar-refractivity contribution in [2.45, 2.75) is 39.3 Å². The van der Waals surface area contributed by atoms with E-state index < -0.39 is 0 Å². The number of nitrogens with zero attached hydrogens (tertiary/aromatic N) is 3. The number of hydrogen-bond donors (Lipinski definition) is 1. The molecule has 4 nitrogen and oxygen atoms in total. The van der Waals surface area contributed by atoms with Gasteiger partial charge >= 0.3 is 0 Å². The lowest BCUT2D eigenvalue weighted by Gasteiger charge is -2.16. The highest BCUT2D eigenvalue weighted by atomic mass is 15.3. The van der Waals surface area contributed by atoms with Crippen LogP contribution in [0.1, 0.15) is 47.8 Å². The van der Waals surface area contributed by atoms with Gasteiger partial charge in [0.1, 0.15) is 0 Å². The molecule has 1 aliphatic rings. The Hall–Kier alpha value is -2.12. The van der Waals surface area contributed by atoms with Crippen LogP contribution < -0.4 is 5.32 Å². The van der Waals surface area contributed by atoms with Crippen molar-refractivity contribution in [1.29, 1.82) is 5.26 Å². The molecular weight excluding hydrogens is 260 g/mol. The Morgan fingerprint density at radius 3 is 3.05 bits per heavy atom. The highest BCUT2D eigenvalue weighted by molar-refractivity contribution is 5.34. The molecule has 0 aliphatic carbocycles. The van der Waals surface area contributed by atoms with E-state index >= 15 is 0 Å². The fourth-order valence-electron chi connectivity index (χ4n) is 2.95. The second-order valence-corrected chi connectivity index (χ2v) is 5.86. The molecule has 3 rings (SSSR count). The maximum absolute atomic E-state index is 9.02. The zero-order chi connectivity index (χ0) is 14.8. The predicted octanol–water partition coefficient (Wildman–Crippen LogP) is 2.57. The van der Waals surface area contributed by atoms with Crippen LogP contribution in [-0.2, 0) is 19.5 Å². The Balaban J connectivity index is 1.97. The van der Waals surface area contributed by atoms with Gasteiger partial charge in [-0.2, -0.15) is 10.4 Å². The van der Waals surface area contributed by atoms with E-state index in [2.05, 4.69) is 36.0 Å². The summed E-state index contributed by atoms with van der Waals surface area (Å²) in [6, 6.07) is 9.99. The molecular formula is C17H20N4. The minimum Gasteiger partial charge on any atom is -0.312 e. The molecule has 0 saturated carbocycles. The summed E-state index contributed by atoms with van der Waals surface area (Å²) in [4.78, 5) is 0. The zero-order valence-electron chi connectivity index (χ0n) is 12.6. The fraction of sp³-hybridized carbons (Fsp3) is 0.412. The van der Waals surface area contributed by atoms with Gasteiger partial charge < -0.3 is 5.32 Å². The van der Waals surface area contributed by atoms with Crippen molar-refractivity contribution in [2.75, 3.05) is 6.54 Å². The molecule has 4 heteroatoms. The van der Waals surface area contributed by atoms with Crippen molar-refractivity contribution < 1.29 is 0 Å². The SMILES string of the molecule is CC(C)c1nn(Cc2cccc(C#N)c2)c2c1CNCC2. The van der Waals surface area contributed by atoms with Gasteiger partial charge in [0.15, 0.2) is 0 Å². The van der Waals surface area contributed by atoms with Crippen molar-refractivity contribution >= 4 is 0 Å². The molecule has 0 radical (unpaired) electrons. The van der Waals surface area contributed by atoms with Gasteiger partial charge in [0.25, 0.3) is 0 Å². The van der Waals surface area contributed by atoms with Gasteiger partial charge in [-0.25, -0.2) is 0 Å². The van der Waals surface area contributed by atoms with E-state index in [1.165, 1.54) is 17.0 Å². The molecule has 0 unspecified atom stereocenters. The topological polar surface area (TPSA) is 53.6 Å². The van der Waals surface area contributed by atoms with Crippen molar-refractivity contribution in [2.24, 2.45) is 0 Å². The number of benzene rings is 1. The lowest BCUT2D eigenvalue weighted by atomic mass is 10.0. The van der Waals surface area contributed by atoms with E-state index in [0.29, 0.717) is 11.5 Å². The molecule has 2 heterocycles. The Labute approximate surface area is 125 Å². The Bertz CT molecular complexity index is 691. The second kappa shape index (κ2) is 5.71. The Morgan fingerprint density at radius 1 is 1.43 bits per heavy atom. The summed E-state index contributed by atoms with van der Waals surface area (Å²) in [5, 5.41) is 17.3. The van der Waals surface area contributed by atoms with Crippen molar-refractivity contribution in [3.05, 3.63) is 52.3 Å². The van der Waals surface area contributed by atoms with E-state index in [-0.39, 0.29) is 0 Å². The Morgan fingerprint density at radius 2 is 2.29 bits per heavy atom. The first-order valence-corrected chi connectivity index (χ1v) is 7.47. The number of nitriles is 1. The standard InChI is InChI=1S/C17H20N4/c1-12(2)17-15-10-19-7-6-16(15)21(20-17)11-14-5-3-4-13(8-14)9-18/h3-5,8,12,19H,6-7,10-11H2,1-2H3. The van der Waals surface area contributed by atoms with E-state index in [1.807, 2.05) is 18.2 Å². The van der Waals surface area contributed by atoms with Gasteiger partial charge in [-0.15, -0.1) is 0 Å². The van der Waals surface area contributed by atoms with Crippen LogP contribution in [0.2, 0.25) is 0 Å². The summed E-state index contributed by atoms with van der Waals surface area (Å²) >= 11 is 0. The molecule has 1 aliphatic heterocycles. The number of rotatable bonds is 3. The smallest absolute Gasteiger partial charge is 0.0991 e. The van der Waals surface area contributed by atoms with Crippen LogP contribution in [0.3, 0.4) is 0 Å². The Kier molecular flexibility index (Phi) is 3.76. The van der Waals surface area contributed by atoms with Crippen molar-refractivity contribution in [1.82, 2.24) is 15.1 Å². The lowest BCUT2D eigenvalue weighted by Crippen LogP contribution is -2.25. The van der Waals surface area contributed by atoms with Crippen LogP contribution in [0, 0.1) is 11.3 Å². The number of nitrogens with one attached hydrogen (secondary N) is 1. The third kappa shape index (κ3) is 2.70. The maximum atomic E-state index is 9.02. The first kappa shape index (κ1) is 13.8. The largest absolute Gasteiger partial charge is 0.312 e. The normalized spacial score (nSPS) is 14.0. The average molecular weight is 280 g/mol. The number of fused-ring (bicyclic) bond motifs is 1. The fourth-order valence-corrected chi connectivity index (χ4v) is 2.95. The quantitative estimate of drug-likeness (QED) is 0.940. The molecule has 21 heavy (non-hydrogen) atoms. The molecule has 0 fully saturated rings. The molecule has 0 spiro atoms. The van der Waals surface area contributed by atoms with Crippen LogP contribution >= 0.6 is 0 Å². The second-order valence-electron chi connectivity index (χ2n) is 5.86. The van der Waals surface area contributed by atoms with Gasteiger partial charge in [-0.1, -0.05) is 26.0 Å². The van der Waals surface area contributed by atoms with Gasteiger partial charge in [0, 0.05) is 30.8 Å². The molecule has 0 atom stereocenters. The van der Waals surface area contributed by atoms with Crippen LogP contribution in [0.5, 0.6) is 0 Å². The summed E-state index contributed by atoms with van der Waals surface area (Å²) in [7, 11) is 0. The average Bonchev–Trinajstić information content (AvgIpc) is 2.87. The predicted molar refractivity (Wildman–Crippen MR) is 82.0 cm³/mol. The van der Waals surface area contributed by atoms with Gasteiger partial charge in [0.2, 0.25) is 0 Å². The zero-order valence-corrected chi connectivity index (χ0v) is 12.6. The summed E-state index contributed by atoms with van der Waals surface area (Å²) in [5.41, 5.74) is 5.76. The first-order valence-electron chi connectivity index (χ1n) is 7.47. The molecule has 1 aromatic heterocycles. The summed E-state index contributed by atoms with van der Waals surface area (Å²) in [5.74, 6) is 0.436. The molecule has 0 amide bonds. The maximum Gasteiger partial charge on any atom is 0.0991 e. The van der Waals surface area contributed by atoms with Crippen LogP contribution in [0.4, 0.5) is 0 Å².